The van der Waals surface area contributed by atoms with E-state index in [1.807, 2.05) is 13.0 Å². The third kappa shape index (κ3) is 4.52. The molecule has 1 atom stereocenters. The van der Waals surface area contributed by atoms with Crippen molar-refractivity contribution in [3.8, 4) is 0 Å². The van der Waals surface area contributed by atoms with Crippen LogP contribution in [0.25, 0.3) is 0 Å². The lowest BCUT2D eigenvalue weighted by molar-refractivity contribution is 0.0128. The van der Waals surface area contributed by atoms with Gasteiger partial charge in [0.25, 0.3) is 0 Å². The maximum absolute atomic E-state index is 5.82. The van der Waals surface area contributed by atoms with Crippen molar-refractivity contribution < 1.29 is 4.74 Å². The number of halogens is 1. The zero-order valence-corrected chi connectivity index (χ0v) is 11.9. The number of aryl methyl sites for hydroxylation is 1. The molecule has 1 rings (SSSR count). The molecule has 17 heavy (non-hydrogen) atoms. The molecule has 0 fully saturated rings. The fourth-order valence-corrected chi connectivity index (χ4v) is 2.01. The van der Waals surface area contributed by atoms with Crippen LogP contribution in [-0.4, -0.2) is 23.7 Å². The van der Waals surface area contributed by atoms with Gasteiger partial charge < -0.3 is 10.1 Å². The van der Waals surface area contributed by atoms with E-state index in [-0.39, 0.29) is 5.60 Å². The number of ether oxygens (including phenoxy) is 1. The maximum Gasteiger partial charge on any atom is 0.129 e. The number of hydrogen-bond acceptors (Lipinski definition) is 3. The van der Waals surface area contributed by atoms with Crippen molar-refractivity contribution >= 4 is 17.3 Å². The van der Waals surface area contributed by atoms with Gasteiger partial charge in [0.05, 0.1) is 17.0 Å². The van der Waals surface area contributed by atoms with Crippen LogP contribution in [0.2, 0.25) is 5.15 Å². The monoisotopic (exact) mass is 256 g/mol. The Kier molecular flexibility index (Phi) is 4.78. The molecule has 0 aliphatic heterocycles. The minimum atomic E-state index is -0.125. The minimum Gasteiger partial charge on any atom is -0.381 e. The first kappa shape index (κ1) is 14.3. The molecule has 0 aliphatic carbocycles. The topological polar surface area (TPSA) is 34.1 Å². The quantitative estimate of drug-likeness (QED) is 0.817. The first-order chi connectivity index (χ1) is 7.84. The van der Waals surface area contributed by atoms with E-state index in [2.05, 4.69) is 31.1 Å². The summed E-state index contributed by atoms with van der Waals surface area (Å²) in [6, 6.07) is 4.07. The Morgan fingerprint density at radius 1 is 1.47 bits per heavy atom. The predicted octanol–water partition coefficient (Wildman–Crippen LogP) is 3.66. The molecule has 1 aromatic heterocycles. The van der Waals surface area contributed by atoms with Gasteiger partial charge >= 0.3 is 0 Å². The Balaban J connectivity index is 2.65. The summed E-state index contributed by atoms with van der Waals surface area (Å²) >= 11 is 5.82. The van der Waals surface area contributed by atoms with Crippen molar-refractivity contribution in [2.75, 3.05) is 12.4 Å². The lowest BCUT2D eigenvalue weighted by Gasteiger charge is -2.27. The first-order valence-electron chi connectivity index (χ1n) is 5.79. The van der Waals surface area contributed by atoms with Gasteiger partial charge in [-0.25, -0.2) is 4.98 Å². The number of methoxy groups -OCH3 is 1. The molecule has 3 nitrogen and oxygen atoms in total. The Labute approximate surface area is 109 Å². The largest absolute Gasteiger partial charge is 0.381 e. The highest BCUT2D eigenvalue weighted by atomic mass is 35.5. The number of nitrogens with one attached hydrogen (secondary N) is 1. The van der Waals surface area contributed by atoms with Gasteiger partial charge in [0.1, 0.15) is 5.15 Å². The zero-order valence-electron chi connectivity index (χ0n) is 11.2. The highest BCUT2D eigenvalue weighted by molar-refractivity contribution is 6.29. The number of hydrogen-bond donors (Lipinski definition) is 1. The lowest BCUT2D eigenvalue weighted by Crippen LogP contribution is -2.31. The van der Waals surface area contributed by atoms with E-state index in [9.17, 15) is 0 Å². The molecular formula is C13H21ClN2O. The molecule has 1 N–H and O–H groups in total. The molecule has 0 bridgehead atoms. The van der Waals surface area contributed by atoms with Crippen LogP contribution in [0.1, 0.15) is 32.9 Å². The molecule has 0 aromatic carbocycles. The van der Waals surface area contributed by atoms with Gasteiger partial charge in [-0.2, -0.15) is 0 Å². The molecule has 0 saturated heterocycles. The van der Waals surface area contributed by atoms with Crippen molar-refractivity contribution in [3.05, 3.63) is 23.0 Å². The number of anilines is 1. The fraction of sp³-hybridized carbons (Fsp3) is 0.615. The summed E-state index contributed by atoms with van der Waals surface area (Å²) in [7, 11) is 1.74. The Bertz CT molecular complexity index is 380. The molecule has 0 radical (unpaired) electrons. The van der Waals surface area contributed by atoms with E-state index in [0.717, 1.165) is 17.8 Å². The van der Waals surface area contributed by atoms with Crippen molar-refractivity contribution in [1.82, 2.24) is 4.98 Å². The summed E-state index contributed by atoms with van der Waals surface area (Å²) in [5.74, 6) is 0. The molecular weight excluding hydrogens is 236 g/mol. The molecule has 0 amide bonds. The van der Waals surface area contributed by atoms with Crippen LogP contribution in [0, 0.1) is 6.92 Å². The molecule has 96 valence electrons. The van der Waals surface area contributed by atoms with Crippen LogP contribution in [0.4, 0.5) is 5.69 Å². The lowest BCUT2D eigenvalue weighted by atomic mass is 9.99. The number of aromatic nitrogens is 1. The van der Waals surface area contributed by atoms with Crippen molar-refractivity contribution in [2.24, 2.45) is 0 Å². The molecule has 0 saturated carbocycles. The normalized spacial score (nSPS) is 13.5. The number of pyridine rings is 1. The highest BCUT2D eigenvalue weighted by Crippen LogP contribution is 2.21. The third-order valence-corrected chi connectivity index (χ3v) is 3.01. The maximum atomic E-state index is 5.82. The fourth-order valence-electron chi connectivity index (χ4n) is 1.82. The second-order valence-corrected chi connectivity index (χ2v) is 5.37. The van der Waals surface area contributed by atoms with E-state index in [1.54, 1.807) is 13.2 Å². The van der Waals surface area contributed by atoms with E-state index in [1.165, 1.54) is 0 Å². The Morgan fingerprint density at radius 3 is 2.65 bits per heavy atom. The Hall–Kier alpha value is -0.800. The number of nitrogens with zero attached hydrogens (tertiary/aromatic N) is 1. The highest BCUT2D eigenvalue weighted by Gasteiger charge is 2.20. The second kappa shape index (κ2) is 5.69. The predicted molar refractivity (Wildman–Crippen MR) is 72.8 cm³/mol. The summed E-state index contributed by atoms with van der Waals surface area (Å²) in [5.41, 5.74) is 1.81. The Morgan fingerprint density at radius 2 is 2.12 bits per heavy atom. The van der Waals surface area contributed by atoms with Crippen LogP contribution < -0.4 is 5.32 Å². The standard InChI is InChI=1S/C13H21ClN2O/c1-9(8-13(3,4)17-5)15-11-6-7-12(14)16-10(11)2/h6-7,9,15H,8H2,1-5H3. The van der Waals surface area contributed by atoms with Gasteiger partial charge in [-0.3, -0.25) is 0 Å². The van der Waals surface area contributed by atoms with Crippen molar-refractivity contribution in [2.45, 2.75) is 45.8 Å². The van der Waals surface area contributed by atoms with E-state index in [4.69, 9.17) is 16.3 Å². The zero-order chi connectivity index (χ0) is 13.1. The van der Waals surface area contributed by atoms with E-state index < -0.39 is 0 Å². The van der Waals surface area contributed by atoms with Crippen molar-refractivity contribution in [3.63, 3.8) is 0 Å². The van der Waals surface area contributed by atoms with Gasteiger partial charge in [-0.1, -0.05) is 11.6 Å². The molecule has 4 heteroatoms. The van der Waals surface area contributed by atoms with Gasteiger partial charge in [0.15, 0.2) is 0 Å². The molecule has 0 aliphatic rings. The van der Waals surface area contributed by atoms with Crippen molar-refractivity contribution in [1.29, 1.82) is 0 Å². The number of rotatable bonds is 5. The van der Waals surface area contributed by atoms with Gasteiger partial charge in [0.2, 0.25) is 0 Å². The average Bonchev–Trinajstić information content (AvgIpc) is 2.21. The summed E-state index contributed by atoms with van der Waals surface area (Å²) in [6.07, 6.45) is 0.922. The average molecular weight is 257 g/mol. The summed E-state index contributed by atoms with van der Waals surface area (Å²) in [4.78, 5) is 4.21. The van der Waals surface area contributed by atoms with E-state index in [0.29, 0.717) is 11.2 Å². The SMILES string of the molecule is COC(C)(C)CC(C)Nc1ccc(Cl)nc1C. The van der Waals surface area contributed by atoms with Crippen LogP contribution in [0.5, 0.6) is 0 Å². The molecule has 1 heterocycles. The van der Waals surface area contributed by atoms with Crippen LogP contribution >= 0.6 is 11.6 Å². The summed E-state index contributed by atoms with van der Waals surface area (Å²) < 4.78 is 5.42. The molecule has 1 unspecified atom stereocenters. The summed E-state index contributed by atoms with van der Waals surface area (Å²) in [6.45, 7) is 8.24. The van der Waals surface area contributed by atoms with E-state index >= 15 is 0 Å². The van der Waals surface area contributed by atoms with Gasteiger partial charge in [0, 0.05) is 13.2 Å². The second-order valence-electron chi connectivity index (χ2n) is 4.98. The van der Waals surface area contributed by atoms with Gasteiger partial charge in [-0.05, 0) is 46.2 Å². The van der Waals surface area contributed by atoms with Gasteiger partial charge in [-0.15, -0.1) is 0 Å². The summed E-state index contributed by atoms with van der Waals surface area (Å²) in [5, 5.41) is 3.95. The first-order valence-corrected chi connectivity index (χ1v) is 6.17. The van der Waals surface area contributed by atoms with Crippen LogP contribution in [0.15, 0.2) is 12.1 Å². The smallest absolute Gasteiger partial charge is 0.129 e. The molecule has 1 aromatic rings. The van der Waals surface area contributed by atoms with Crippen LogP contribution in [0.3, 0.4) is 0 Å². The minimum absolute atomic E-state index is 0.125. The molecule has 0 spiro atoms. The van der Waals surface area contributed by atoms with Crippen LogP contribution in [-0.2, 0) is 4.74 Å². The third-order valence-electron chi connectivity index (χ3n) is 2.80.